The standard InChI is InChI=1S/C16H13ClFNO2/c17-11-6-9-4-5-21-16(9)10(7-11)8-14(20)12-2-1-3-13(18)15(12)19/h1-3,6-7H,4-5,8,19H2. The first-order valence-corrected chi connectivity index (χ1v) is 6.95. The molecule has 0 saturated heterocycles. The van der Waals surface area contributed by atoms with E-state index in [1.807, 2.05) is 6.07 Å². The van der Waals surface area contributed by atoms with Gasteiger partial charge in [-0.05, 0) is 29.8 Å². The number of nitrogen functional groups attached to an aromatic ring is 1. The van der Waals surface area contributed by atoms with E-state index < -0.39 is 5.82 Å². The number of fused-ring (bicyclic) bond motifs is 1. The Kier molecular flexibility index (Phi) is 3.55. The fourth-order valence-corrected chi connectivity index (χ4v) is 2.79. The molecule has 108 valence electrons. The van der Waals surface area contributed by atoms with Gasteiger partial charge in [-0.25, -0.2) is 4.39 Å². The SMILES string of the molecule is Nc1c(F)cccc1C(=O)Cc1cc(Cl)cc2c1OCC2. The van der Waals surface area contributed by atoms with Crippen molar-refractivity contribution in [3.05, 3.63) is 57.9 Å². The van der Waals surface area contributed by atoms with Crippen molar-refractivity contribution < 1.29 is 13.9 Å². The van der Waals surface area contributed by atoms with Crippen LogP contribution in [-0.4, -0.2) is 12.4 Å². The second-order valence-corrected chi connectivity index (χ2v) is 5.39. The van der Waals surface area contributed by atoms with Gasteiger partial charge >= 0.3 is 0 Å². The molecule has 0 unspecified atom stereocenters. The zero-order chi connectivity index (χ0) is 15.0. The van der Waals surface area contributed by atoms with Crippen LogP contribution in [0, 0.1) is 5.82 Å². The van der Waals surface area contributed by atoms with Crippen LogP contribution in [0.1, 0.15) is 21.5 Å². The molecule has 0 saturated carbocycles. The molecule has 0 fully saturated rings. The summed E-state index contributed by atoms with van der Waals surface area (Å²) in [6, 6.07) is 7.77. The number of Topliss-reactive ketones (excluding diaryl/α,β-unsaturated/α-hetero) is 1. The molecule has 21 heavy (non-hydrogen) atoms. The predicted molar refractivity (Wildman–Crippen MR) is 79.5 cm³/mol. The lowest BCUT2D eigenvalue weighted by atomic mass is 9.99. The summed E-state index contributed by atoms with van der Waals surface area (Å²) >= 11 is 6.06. The summed E-state index contributed by atoms with van der Waals surface area (Å²) in [5.74, 6) is -0.136. The number of nitrogens with two attached hydrogens (primary N) is 1. The van der Waals surface area contributed by atoms with Gasteiger partial charge in [0.2, 0.25) is 0 Å². The zero-order valence-electron chi connectivity index (χ0n) is 11.2. The van der Waals surface area contributed by atoms with E-state index in [0.717, 1.165) is 12.0 Å². The highest BCUT2D eigenvalue weighted by atomic mass is 35.5. The number of carbonyl (C=O) groups excluding carboxylic acids is 1. The minimum absolute atomic E-state index is 0.0799. The molecule has 0 radical (unpaired) electrons. The number of carbonyl (C=O) groups is 1. The number of hydrogen-bond donors (Lipinski definition) is 1. The van der Waals surface area contributed by atoms with Crippen LogP contribution in [0.25, 0.3) is 0 Å². The number of halogens is 2. The minimum atomic E-state index is -0.589. The predicted octanol–water partition coefficient (Wildman–Crippen LogP) is 3.42. The molecule has 0 amide bonds. The summed E-state index contributed by atoms with van der Waals surface area (Å²) in [5.41, 5.74) is 7.40. The van der Waals surface area contributed by atoms with Gasteiger partial charge in [0.15, 0.2) is 5.78 Å². The van der Waals surface area contributed by atoms with E-state index in [2.05, 4.69) is 0 Å². The summed E-state index contributed by atoms with van der Waals surface area (Å²) in [6.07, 6.45) is 0.857. The molecule has 1 heterocycles. The maximum absolute atomic E-state index is 13.4. The molecule has 0 aliphatic carbocycles. The molecule has 2 aromatic carbocycles. The normalized spacial score (nSPS) is 12.9. The number of para-hydroxylation sites is 1. The molecular formula is C16H13ClFNO2. The third-order valence-electron chi connectivity index (χ3n) is 3.53. The van der Waals surface area contributed by atoms with Crippen molar-refractivity contribution in [1.29, 1.82) is 0 Å². The van der Waals surface area contributed by atoms with E-state index in [9.17, 15) is 9.18 Å². The van der Waals surface area contributed by atoms with E-state index in [1.165, 1.54) is 18.2 Å². The number of benzene rings is 2. The van der Waals surface area contributed by atoms with Gasteiger partial charge in [-0.3, -0.25) is 4.79 Å². The molecule has 1 aliphatic heterocycles. The van der Waals surface area contributed by atoms with Crippen LogP contribution in [0.4, 0.5) is 10.1 Å². The van der Waals surface area contributed by atoms with Gasteiger partial charge in [-0.2, -0.15) is 0 Å². The quantitative estimate of drug-likeness (QED) is 0.698. The summed E-state index contributed by atoms with van der Waals surface area (Å²) in [6.45, 7) is 0.582. The summed E-state index contributed by atoms with van der Waals surface area (Å²) < 4.78 is 19.0. The molecule has 0 atom stereocenters. The lowest BCUT2D eigenvalue weighted by Gasteiger charge is -2.10. The summed E-state index contributed by atoms with van der Waals surface area (Å²) in [7, 11) is 0. The molecule has 2 N–H and O–H groups in total. The van der Waals surface area contributed by atoms with Gasteiger partial charge in [0, 0.05) is 29.0 Å². The molecule has 3 rings (SSSR count). The lowest BCUT2D eigenvalue weighted by molar-refractivity contribution is 0.0992. The number of ether oxygens (including phenoxy) is 1. The van der Waals surface area contributed by atoms with E-state index >= 15 is 0 Å². The first-order valence-electron chi connectivity index (χ1n) is 6.57. The van der Waals surface area contributed by atoms with Crippen molar-refractivity contribution >= 4 is 23.1 Å². The average Bonchev–Trinajstić information content (AvgIpc) is 2.90. The Labute approximate surface area is 126 Å². The molecule has 3 nitrogen and oxygen atoms in total. The Morgan fingerprint density at radius 3 is 3.00 bits per heavy atom. The van der Waals surface area contributed by atoms with Crippen LogP contribution in [0.15, 0.2) is 30.3 Å². The molecule has 1 aliphatic rings. The highest BCUT2D eigenvalue weighted by molar-refractivity contribution is 6.30. The number of hydrogen-bond acceptors (Lipinski definition) is 3. The Hall–Kier alpha value is -2.07. The zero-order valence-corrected chi connectivity index (χ0v) is 11.9. The fraction of sp³-hybridized carbons (Fsp3) is 0.188. The van der Waals surface area contributed by atoms with Crippen molar-refractivity contribution in [1.82, 2.24) is 0 Å². The Morgan fingerprint density at radius 1 is 1.38 bits per heavy atom. The maximum Gasteiger partial charge on any atom is 0.169 e. The van der Waals surface area contributed by atoms with Crippen molar-refractivity contribution in [2.24, 2.45) is 0 Å². The van der Waals surface area contributed by atoms with Crippen LogP contribution in [-0.2, 0) is 12.8 Å². The molecule has 2 aromatic rings. The van der Waals surface area contributed by atoms with Crippen LogP contribution < -0.4 is 10.5 Å². The third kappa shape index (κ3) is 2.59. The number of anilines is 1. The first kappa shape index (κ1) is 13.9. The van der Waals surface area contributed by atoms with Crippen molar-refractivity contribution in [2.45, 2.75) is 12.8 Å². The van der Waals surface area contributed by atoms with Crippen molar-refractivity contribution in [3.63, 3.8) is 0 Å². The van der Waals surface area contributed by atoms with E-state index in [0.29, 0.717) is 22.9 Å². The van der Waals surface area contributed by atoms with Gasteiger partial charge in [0.05, 0.1) is 12.3 Å². The van der Waals surface area contributed by atoms with E-state index in [-0.39, 0.29) is 23.5 Å². The minimum Gasteiger partial charge on any atom is -0.493 e. The Morgan fingerprint density at radius 2 is 2.19 bits per heavy atom. The number of ketones is 1. The largest absolute Gasteiger partial charge is 0.493 e. The van der Waals surface area contributed by atoms with Gasteiger partial charge in [0.25, 0.3) is 0 Å². The van der Waals surface area contributed by atoms with Crippen molar-refractivity contribution in [3.8, 4) is 5.75 Å². The Bertz CT molecular complexity index is 730. The summed E-state index contributed by atoms with van der Waals surface area (Å²) in [4.78, 5) is 12.4. The van der Waals surface area contributed by atoms with Crippen molar-refractivity contribution in [2.75, 3.05) is 12.3 Å². The second kappa shape index (κ2) is 5.37. The first-order chi connectivity index (χ1) is 10.1. The molecule has 0 aromatic heterocycles. The molecule has 5 heteroatoms. The van der Waals surface area contributed by atoms with E-state index in [1.54, 1.807) is 6.07 Å². The monoisotopic (exact) mass is 305 g/mol. The van der Waals surface area contributed by atoms with Crippen LogP contribution in [0.2, 0.25) is 5.02 Å². The van der Waals surface area contributed by atoms with Crippen LogP contribution >= 0.6 is 11.6 Å². The molecule has 0 spiro atoms. The van der Waals surface area contributed by atoms with E-state index in [4.69, 9.17) is 22.1 Å². The highest BCUT2D eigenvalue weighted by Gasteiger charge is 2.21. The summed E-state index contributed by atoms with van der Waals surface area (Å²) in [5, 5.41) is 0.564. The van der Waals surface area contributed by atoms with Gasteiger partial charge in [-0.15, -0.1) is 0 Å². The topological polar surface area (TPSA) is 52.3 Å². The third-order valence-corrected chi connectivity index (χ3v) is 3.75. The van der Waals surface area contributed by atoms with Gasteiger partial charge in [0.1, 0.15) is 11.6 Å². The maximum atomic E-state index is 13.4. The highest BCUT2D eigenvalue weighted by Crippen LogP contribution is 2.34. The second-order valence-electron chi connectivity index (χ2n) is 4.95. The van der Waals surface area contributed by atoms with Crippen LogP contribution in [0.3, 0.4) is 0 Å². The van der Waals surface area contributed by atoms with Gasteiger partial charge in [-0.1, -0.05) is 17.7 Å². The smallest absolute Gasteiger partial charge is 0.169 e. The lowest BCUT2D eigenvalue weighted by Crippen LogP contribution is -2.09. The molecule has 0 bridgehead atoms. The Balaban J connectivity index is 1.94. The van der Waals surface area contributed by atoms with Gasteiger partial charge < -0.3 is 10.5 Å². The number of rotatable bonds is 3. The fourth-order valence-electron chi connectivity index (χ4n) is 2.53. The van der Waals surface area contributed by atoms with Crippen LogP contribution in [0.5, 0.6) is 5.75 Å². The average molecular weight is 306 g/mol. The molecular weight excluding hydrogens is 293 g/mol.